The largest absolute Gasteiger partial charge is 0.486 e. The third kappa shape index (κ3) is 2.84. The van der Waals surface area contributed by atoms with E-state index in [9.17, 15) is 0 Å². The Morgan fingerprint density at radius 2 is 1.90 bits per heavy atom. The lowest BCUT2D eigenvalue weighted by Crippen LogP contribution is -2.15. The van der Waals surface area contributed by atoms with Crippen LogP contribution in [0.15, 0.2) is 53.7 Å². The maximum atomic E-state index is 8.66. The molecule has 4 nitrogen and oxygen atoms in total. The van der Waals surface area contributed by atoms with Crippen LogP contribution in [0.25, 0.3) is 0 Å². The fourth-order valence-electron chi connectivity index (χ4n) is 2.76. The number of nitrogens with two attached hydrogens (primary N) is 1. The molecule has 0 bridgehead atoms. The van der Waals surface area contributed by atoms with Crippen LogP contribution in [0, 0.1) is 0 Å². The molecule has 0 saturated heterocycles. The number of aryl methyl sites for hydroxylation is 1. The van der Waals surface area contributed by atoms with Crippen molar-refractivity contribution in [1.82, 2.24) is 0 Å². The van der Waals surface area contributed by atoms with E-state index in [1.807, 2.05) is 12.1 Å². The van der Waals surface area contributed by atoms with Crippen LogP contribution in [0.3, 0.4) is 0 Å². The van der Waals surface area contributed by atoms with E-state index in [1.165, 1.54) is 11.1 Å². The number of amidine groups is 1. The minimum absolute atomic E-state index is 0.101. The van der Waals surface area contributed by atoms with E-state index >= 15 is 0 Å². The Morgan fingerprint density at radius 3 is 2.67 bits per heavy atom. The second-order valence-electron chi connectivity index (χ2n) is 5.21. The first-order valence-corrected chi connectivity index (χ1v) is 7.10. The van der Waals surface area contributed by atoms with Crippen molar-refractivity contribution in [3.8, 4) is 5.75 Å². The number of nitrogens with zero attached hydrogens (tertiary/aromatic N) is 1. The summed E-state index contributed by atoms with van der Waals surface area (Å²) in [5.41, 5.74) is 8.88. The predicted molar refractivity (Wildman–Crippen MR) is 81.7 cm³/mol. The second kappa shape index (κ2) is 5.87. The standard InChI is InChI=1S/C17H18N2O2/c18-17(19-20)13-8-10-14(11-9-13)21-16-7-3-5-12-4-1-2-6-15(12)16/h1-2,4,6,8-11,16,20H,3,5,7H2,(H2,18,19). The number of hydrogen-bond donors (Lipinski definition) is 2. The molecule has 1 unspecified atom stereocenters. The van der Waals surface area contributed by atoms with E-state index < -0.39 is 0 Å². The Morgan fingerprint density at radius 1 is 1.14 bits per heavy atom. The van der Waals surface area contributed by atoms with Crippen LogP contribution in [-0.2, 0) is 6.42 Å². The number of oxime groups is 1. The highest BCUT2D eigenvalue weighted by molar-refractivity contribution is 5.97. The van der Waals surface area contributed by atoms with E-state index in [1.54, 1.807) is 12.1 Å². The second-order valence-corrected chi connectivity index (χ2v) is 5.21. The molecule has 0 spiro atoms. The van der Waals surface area contributed by atoms with Crippen molar-refractivity contribution < 1.29 is 9.94 Å². The summed E-state index contributed by atoms with van der Waals surface area (Å²) in [6.45, 7) is 0. The Labute approximate surface area is 123 Å². The Balaban J connectivity index is 1.79. The van der Waals surface area contributed by atoms with Gasteiger partial charge in [-0.05, 0) is 54.7 Å². The van der Waals surface area contributed by atoms with Crippen LogP contribution in [0.2, 0.25) is 0 Å². The van der Waals surface area contributed by atoms with Crippen molar-refractivity contribution in [3.05, 3.63) is 65.2 Å². The molecule has 0 fully saturated rings. The number of benzene rings is 2. The molecule has 108 valence electrons. The van der Waals surface area contributed by atoms with E-state index in [2.05, 4.69) is 29.4 Å². The molecular formula is C17H18N2O2. The van der Waals surface area contributed by atoms with Crippen LogP contribution in [-0.4, -0.2) is 11.0 Å². The summed E-state index contributed by atoms with van der Waals surface area (Å²) in [4.78, 5) is 0. The van der Waals surface area contributed by atoms with Gasteiger partial charge in [-0.1, -0.05) is 29.4 Å². The predicted octanol–water partition coefficient (Wildman–Crippen LogP) is 3.24. The van der Waals surface area contributed by atoms with Crippen molar-refractivity contribution in [3.63, 3.8) is 0 Å². The molecule has 2 aromatic rings. The van der Waals surface area contributed by atoms with Crippen LogP contribution in [0.4, 0.5) is 0 Å². The maximum absolute atomic E-state index is 8.66. The Hall–Kier alpha value is -2.49. The van der Waals surface area contributed by atoms with Gasteiger partial charge >= 0.3 is 0 Å². The van der Waals surface area contributed by atoms with Gasteiger partial charge in [-0.25, -0.2) is 0 Å². The van der Waals surface area contributed by atoms with Gasteiger partial charge in [0.25, 0.3) is 0 Å². The summed E-state index contributed by atoms with van der Waals surface area (Å²) in [5, 5.41) is 11.6. The summed E-state index contributed by atoms with van der Waals surface area (Å²) < 4.78 is 6.11. The number of rotatable bonds is 3. The highest BCUT2D eigenvalue weighted by Crippen LogP contribution is 2.33. The smallest absolute Gasteiger partial charge is 0.170 e. The zero-order chi connectivity index (χ0) is 14.7. The third-order valence-electron chi connectivity index (χ3n) is 3.85. The van der Waals surface area contributed by atoms with Crippen LogP contribution >= 0.6 is 0 Å². The van der Waals surface area contributed by atoms with Crippen molar-refractivity contribution in [2.75, 3.05) is 0 Å². The van der Waals surface area contributed by atoms with Gasteiger partial charge in [-0.15, -0.1) is 0 Å². The van der Waals surface area contributed by atoms with E-state index in [0.29, 0.717) is 5.56 Å². The van der Waals surface area contributed by atoms with Gasteiger partial charge in [0, 0.05) is 5.56 Å². The van der Waals surface area contributed by atoms with Crippen LogP contribution in [0.5, 0.6) is 5.75 Å². The molecule has 3 N–H and O–H groups in total. The minimum atomic E-state index is 0.101. The Bertz CT molecular complexity index is 650. The molecule has 0 radical (unpaired) electrons. The summed E-state index contributed by atoms with van der Waals surface area (Å²) in [7, 11) is 0. The zero-order valence-corrected chi connectivity index (χ0v) is 11.7. The maximum Gasteiger partial charge on any atom is 0.170 e. The lowest BCUT2D eigenvalue weighted by Gasteiger charge is -2.26. The van der Waals surface area contributed by atoms with Gasteiger partial charge in [-0.3, -0.25) is 0 Å². The zero-order valence-electron chi connectivity index (χ0n) is 11.7. The highest BCUT2D eigenvalue weighted by atomic mass is 16.5. The van der Waals surface area contributed by atoms with Gasteiger partial charge in [0.1, 0.15) is 11.9 Å². The first-order valence-electron chi connectivity index (χ1n) is 7.10. The molecule has 3 rings (SSSR count). The molecule has 0 amide bonds. The topological polar surface area (TPSA) is 67.8 Å². The summed E-state index contributed by atoms with van der Waals surface area (Å²) >= 11 is 0. The van der Waals surface area contributed by atoms with E-state index in [-0.39, 0.29) is 11.9 Å². The van der Waals surface area contributed by atoms with Crippen molar-refractivity contribution >= 4 is 5.84 Å². The van der Waals surface area contributed by atoms with Gasteiger partial charge in [0.05, 0.1) is 0 Å². The molecule has 1 aliphatic carbocycles. The van der Waals surface area contributed by atoms with Gasteiger partial charge in [0.15, 0.2) is 5.84 Å². The van der Waals surface area contributed by atoms with Gasteiger partial charge < -0.3 is 15.7 Å². The summed E-state index contributed by atoms with van der Waals surface area (Å²) in [5.74, 6) is 0.899. The van der Waals surface area contributed by atoms with Crippen molar-refractivity contribution in [1.29, 1.82) is 0 Å². The lowest BCUT2D eigenvalue weighted by atomic mass is 9.89. The monoisotopic (exact) mass is 282 g/mol. The average Bonchev–Trinajstić information content (AvgIpc) is 2.55. The fourth-order valence-corrected chi connectivity index (χ4v) is 2.76. The molecule has 1 atom stereocenters. The lowest BCUT2D eigenvalue weighted by molar-refractivity contribution is 0.183. The van der Waals surface area contributed by atoms with Gasteiger partial charge in [0.2, 0.25) is 0 Å². The fraction of sp³-hybridized carbons (Fsp3) is 0.235. The molecular weight excluding hydrogens is 264 g/mol. The molecule has 0 aromatic heterocycles. The first kappa shape index (κ1) is 13.5. The quantitative estimate of drug-likeness (QED) is 0.393. The molecule has 0 heterocycles. The Kier molecular flexibility index (Phi) is 3.77. The van der Waals surface area contributed by atoms with Crippen LogP contribution < -0.4 is 10.5 Å². The SMILES string of the molecule is N/C(=N\O)c1ccc(OC2CCCc3ccccc32)cc1. The van der Waals surface area contributed by atoms with Crippen molar-refractivity contribution in [2.24, 2.45) is 10.9 Å². The molecule has 4 heteroatoms. The van der Waals surface area contributed by atoms with E-state index in [0.717, 1.165) is 25.0 Å². The van der Waals surface area contributed by atoms with Crippen molar-refractivity contribution in [2.45, 2.75) is 25.4 Å². The first-order chi connectivity index (χ1) is 10.3. The molecule has 0 aliphatic heterocycles. The number of fused-ring (bicyclic) bond motifs is 1. The van der Waals surface area contributed by atoms with Crippen LogP contribution in [0.1, 0.15) is 35.6 Å². The van der Waals surface area contributed by atoms with E-state index in [4.69, 9.17) is 15.7 Å². The molecule has 21 heavy (non-hydrogen) atoms. The van der Waals surface area contributed by atoms with Gasteiger partial charge in [-0.2, -0.15) is 0 Å². The number of hydrogen-bond acceptors (Lipinski definition) is 3. The summed E-state index contributed by atoms with van der Waals surface area (Å²) in [6, 6.07) is 15.7. The molecule has 2 aromatic carbocycles. The average molecular weight is 282 g/mol. The minimum Gasteiger partial charge on any atom is -0.486 e. The normalized spacial score (nSPS) is 18.1. The third-order valence-corrected chi connectivity index (χ3v) is 3.85. The number of ether oxygens (including phenoxy) is 1. The molecule has 0 saturated carbocycles. The highest BCUT2D eigenvalue weighted by Gasteiger charge is 2.21. The summed E-state index contributed by atoms with van der Waals surface area (Å²) in [6.07, 6.45) is 3.39. The molecule has 1 aliphatic rings.